The number of halogens is 2. The molecule has 0 bridgehead atoms. The average molecular weight is 256 g/mol. The molecule has 0 amide bonds. The molecule has 18 heavy (non-hydrogen) atoms. The molecule has 0 aromatic heterocycles. The topological polar surface area (TPSA) is 15.3 Å². The molecule has 1 N–H and O–H groups in total. The Balaban J connectivity index is 2.71. The minimum atomic E-state index is -0.384. The van der Waals surface area contributed by atoms with Gasteiger partial charge >= 0.3 is 0 Å². The van der Waals surface area contributed by atoms with Gasteiger partial charge in [0.1, 0.15) is 11.6 Å². The first-order valence-corrected chi connectivity index (χ1v) is 6.35. The van der Waals surface area contributed by atoms with Crippen LogP contribution in [0, 0.1) is 11.6 Å². The van der Waals surface area contributed by atoms with Gasteiger partial charge in [-0.05, 0) is 57.2 Å². The van der Waals surface area contributed by atoms with E-state index in [2.05, 4.69) is 12.2 Å². The number of likely N-dealkylation sites (N-methyl/N-ethyl adjacent to an activating group) is 1. The van der Waals surface area contributed by atoms with Crippen LogP contribution < -0.4 is 5.32 Å². The highest BCUT2D eigenvalue weighted by Crippen LogP contribution is 2.12. The average Bonchev–Trinajstić information content (AvgIpc) is 2.30. The van der Waals surface area contributed by atoms with E-state index in [0.717, 1.165) is 25.6 Å². The monoisotopic (exact) mass is 256 g/mol. The molecule has 0 aliphatic heterocycles. The predicted octanol–water partition coefficient (Wildman–Crippen LogP) is 2.44. The van der Waals surface area contributed by atoms with E-state index >= 15 is 0 Å². The van der Waals surface area contributed by atoms with Crippen LogP contribution in [0.5, 0.6) is 0 Å². The fraction of sp³-hybridized carbons (Fsp3) is 0.571. The van der Waals surface area contributed by atoms with Crippen molar-refractivity contribution >= 4 is 0 Å². The molecule has 0 spiro atoms. The quantitative estimate of drug-likeness (QED) is 0.806. The molecule has 2 nitrogen and oxygen atoms in total. The Bertz CT molecular complexity index is 367. The van der Waals surface area contributed by atoms with E-state index in [-0.39, 0.29) is 17.7 Å². The lowest BCUT2D eigenvalue weighted by atomic mass is 10.0. The first-order valence-electron chi connectivity index (χ1n) is 6.35. The fourth-order valence-corrected chi connectivity index (χ4v) is 1.96. The molecule has 0 aliphatic carbocycles. The van der Waals surface area contributed by atoms with Crippen LogP contribution in [0.2, 0.25) is 0 Å². The molecular formula is C14H22F2N2. The van der Waals surface area contributed by atoms with Crippen LogP contribution in [0.15, 0.2) is 18.2 Å². The number of nitrogens with zero attached hydrogens (tertiary/aromatic N) is 1. The Kier molecular flexibility index (Phi) is 6.22. The lowest BCUT2D eigenvalue weighted by Crippen LogP contribution is -2.40. The minimum absolute atomic E-state index is 0.135. The molecule has 1 atom stereocenters. The van der Waals surface area contributed by atoms with Crippen molar-refractivity contribution in [2.45, 2.75) is 25.8 Å². The summed E-state index contributed by atoms with van der Waals surface area (Å²) < 4.78 is 26.7. The second kappa shape index (κ2) is 7.44. The predicted molar refractivity (Wildman–Crippen MR) is 70.7 cm³/mol. The summed E-state index contributed by atoms with van der Waals surface area (Å²) >= 11 is 0. The molecule has 4 heteroatoms. The van der Waals surface area contributed by atoms with Crippen LogP contribution >= 0.6 is 0 Å². The smallest absolute Gasteiger partial charge is 0.126 e. The Morgan fingerprint density at radius 1 is 1.28 bits per heavy atom. The van der Waals surface area contributed by atoms with E-state index in [0.29, 0.717) is 12.0 Å². The molecule has 1 rings (SSSR count). The van der Waals surface area contributed by atoms with Crippen molar-refractivity contribution in [2.24, 2.45) is 0 Å². The molecule has 0 aliphatic rings. The fourth-order valence-electron chi connectivity index (χ4n) is 1.96. The zero-order valence-electron chi connectivity index (χ0n) is 11.3. The maximum absolute atomic E-state index is 13.6. The van der Waals surface area contributed by atoms with E-state index in [1.54, 1.807) is 0 Å². The summed E-state index contributed by atoms with van der Waals surface area (Å²) in [6, 6.07) is 3.76. The minimum Gasteiger partial charge on any atom is -0.312 e. The van der Waals surface area contributed by atoms with E-state index in [1.807, 2.05) is 19.0 Å². The van der Waals surface area contributed by atoms with Crippen molar-refractivity contribution in [1.82, 2.24) is 10.2 Å². The van der Waals surface area contributed by atoms with Gasteiger partial charge in [-0.3, -0.25) is 0 Å². The van der Waals surface area contributed by atoms with Crippen LogP contribution in [0.25, 0.3) is 0 Å². The standard InChI is InChI=1S/C14H22F2N2/c1-4-7-17-13(10-18(2)3)9-11-8-12(15)5-6-14(11)16/h5-6,8,13,17H,4,7,9-10H2,1-3H3. The van der Waals surface area contributed by atoms with E-state index in [9.17, 15) is 8.78 Å². The lowest BCUT2D eigenvalue weighted by molar-refractivity contribution is 0.334. The zero-order chi connectivity index (χ0) is 13.5. The van der Waals surface area contributed by atoms with Crippen LogP contribution in [-0.2, 0) is 6.42 Å². The van der Waals surface area contributed by atoms with Gasteiger partial charge in [0.2, 0.25) is 0 Å². The first kappa shape index (κ1) is 15.1. The summed E-state index contributed by atoms with van der Waals surface area (Å²) in [6.45, 7) is 3.77. The van der Waals surface area contributed by atoms with Gasteiger partial charge in [-0.15, -0.1) is 0 Å². The summed E-state index contributed by atoms with van der Waals surface area (Å²) in [5, 5.41) is 3.37. The Morgan fingerprint density at radius 3 is 2.61 bits per heavy atom. The third-order valence-electron chi connectivity index (χ3n) is 2.74. The maximum Gasteiger partial charge on any atom is 0.126 e. The largest absolute Gasteiger partial charge is 0.312 e. The van der Waals surface area contributed by atoms with Gasteiger partial charge in [0, 0.05) is 12.6 Å². The molecule has 1 aromatic rings. The highest BCUT2D eigenvalue weighted by Gasteiger charge is 2.13. The molecule has 1 unspecified atom stereocenters. The zero-order valence-corrected chi connectivity index (χ0v) is 11.3. The molecular weight excluding hydrogens is 234 g/mol. The number of hydrogen-bond donors (Lipinski definition) is 1. The van der Waals surface area contributed by atoms with E-state index in [4.69, 9.17) is 0 Å². The van der Waals surface area contributed by atoms with Gasteiger partial charge in [-0.25, -0.2) is 8.78 Å². The van der Waals surface area contributed by atoms with Gasteiger partial charge < -0.3 is 10.2 Å². The normalized spacial score (nSPS) is 13.0. The Labute approximate surface area is 108 Å². The Hall–Kier alpha value is -1.00. The molecule has 102 valence electrons. The lowest BCUT2D eigenvalue weighted by Gasteiger charge is -2.22. The molecule has 0 heterocycles. The first-order chi connectivity index (χ1) is 8.52. The van der Waals surface area contributed by atoms with Crippen molar-refractivity contribution in [3.8, 4) is 0 Å². The summed E-state index contributed by atoms with van der Waals surface area (Å²) in [5.41, 5.74) is 0.436. The summed E-state index contributed by atoms with van der Waals surface area (Å²) in [7, 11) is 3.95. The third kappa shape index (κ3) is 5.10. The molecule has 0 fully saturated rings. The number of hydrogen-bond acceptors (Lipinski definition) is 2. The van der Waals surface area contributed by atoms with Crippen molar-refractivity contribution in [2.75, 3.05) is 27.2 Å². The van der Waals surface area contributed by atoms with Gasteiger partial charge in [-0.2, -0.15) is 0 Å². The molecule has 0 radical (unpaired) electrons. The van der Waals surface area contributed by atoms with Gasteiger partial charge in [-0.1, -0.05) is 6.92 Å². The second-order valence-corrected chi connectivity index (χ2v) is 4.85. The summed E-state index contributed by atoms with van der Waals surface area (Å²) in [6.07, 6.45) is 1.53. The van der Waals surface area contributed by atoms with Crippen LogP contribution in [0.3, 0.4) is 0 Å². The number of rotatable bonds is 7. The van der Waals surface area contributed by atoms with Crippen molar-refractivity contribution in [3.63, 3.8) is 0 Å². The summed E-state index contributed by atoms with van der Waals surface area (Å²) in [5.74, 6) is -0.719. The van der Waals surface area contributed by atoms with Crippen molar-refractivity contribution in [3.05, 3.63) is 35.4 Å². The van der Waals surface area contributed by atoms with Crippen molar-refractivity contribution < 1.29 is 8.78 Å². The van der Waals surface area contributed by atoms with Gasteiger partial charge in [0.25, 0.3) is 0 Å². The number of benzene rings is 1. The second-order valence-electron chi connectivity index (χ2n) is 4.85. The van der Waals surface area contributed by atoms with Crippen LogP contribution in [-0.4, -0.2) is 38.1 Å². The molecule has 1 aromatic carbocycles. The van der Waals surface area contributed by atoms with Gasteiger partial charge in [0.05, 0.1) is 0 Å². The van der Waals surface area contributed by atoms with Gasteiger partial charge in [0.15, 0.2) is 0 Å². The highest BCUT2D eigenvalue weighted by atomic mass is 19.1. The molecule has 0 saturated heterocycles. The van der Waals surface area contributed by atoms with Crippen LogP contribution in [0.1, 0.15) is 18.9 Å². The van der Waals surface area contributed by atoms with E-state index < -0.39 is 0 Å². The van der Waals surface area contributed by atoms with Crippen molar-refractivity contribution in [1.29, 1.82) is 0 Å². The molecule has 0 saturated carbocycles. The Morgan fingerprint density at radius 2 is 2.00 bits per heavy atom. The maximum atomic E-state index is 13.6. The third-order valence-corrected chi connectivity index (χ3v) is 2.74. The van der Waals surface area contributed by atoms with Crippen LogP contribution in [0.4, 0.5) is 8.78 Å². The highest BCUT2D eigenvalue weighted by molar-refractivity contribution is 5.19. The number of nitrogens with one attached hydrogen (secondary N) is 1. The van der Waals surface area contributed by atoms with E-state index in [1.165, 1.54) is 12.1 Å². The SMILES string of the molecule is CCCNC(Cc1cc(F)ccc1F)CN(C)C. The summed E-state index contributed by atoms with van der Waals surface area (Å²) in [4.78, 5) is 2.05.